The summed E-state index contributed by atoms with van der Waals surface area (Å²) in [4.78, 5) is 0. The number of rotatable bonds is 1. The van der Waals surface area contributed by atoms with Gasteiger partial charge >= 0.3 is 0 Å². The van der Waals surface area contributed by atoms with Crippen molar-refractivity contribution in [3.05, 3.63) is 25.1 Å². The molecule has 0 aliphatic heterocycles. The third-order valence-corrected chi connectivity index (χ3v) is 3.61. The number of phenolic OH excluding ortho intramolecular Hbond substituents is 1. The van der Waals surface area contributed by atoms with Crippen LogP contribution in [0, 0.1) is 0 Å². The summed E-state index contributed by atoms with van der Waals surface area (Å²) in [7, 11) is 0. The van der Waals surface area contributed by atoms with Crippen LogP contribution in [0.5, 0.6) is 5.75 Å². The van der Waals surface area contributed by atoms with Crippen LogP contribution in [0.15, 0.2) is 0 Å². The van der Waals surface area contributed by atoms with Gasteiger partial charge < -0.3 is 16.6 Å². The second kappa shape index (κ2) is 7.67. The molecule has 0 spiro atoms. The van der Waals surface area contributed by atoms with E-state index < -0.39 is 0 Å². The van der Waals surface area contributed by atoms with Gasteiger partial charge in [0, 0.05) is 13.1 Å². The maximum absolute atomic E-state index is 9.20. The average molecular weight is 326 g/mol. The van der Waals surface area contributed by atoms with Crippen LogP contribution >= 0.6 is 58.0 Å². The fraction of sp³-hybridized carbons (Fsp3) is 0.250. The van der Waals surface area contributed by atoms with Gasteiger partial charge in [0.15, 0.2) is 5.75 Å². The highest BCUT2D eigenvalue weighted by Gasteiger charge is 2.18. The third-order valence-electron chi connectivity index (χ3n) is 1.35. The molecule has 92 valence electrons. The molecular formula is C8H9Cl5N2O. The monoisotopic (exact) mass is 324 g/mol. The zero-order chi connectivity index (χ0) is 12.9. The number of benzene rings is 1. The first kappa shape index (κ1) is 16.4. The number of phenols is 1. The minimum atomic E-state index is -0.363. The summed E-state index contributed by atoms with van der Waals surface area (Å²) in [5.74, 6) is -0.363. The van der Waals surface area contributed by atoms with Crippen molar-refractivity contribution >= 4 is 58.0 Å². The van der Waals surface area contributed by atoms with Crippen molar-refractivity contribution in [1.82, 2.24) is 0 Å². The van der Waals surface area contributed by atoms with Crippen LogP contribution in [-0.4, -0.2) is 18.2 Å². The maximum Gasteiger partial charge on any atom is 0.155 e. The Kier molecular flexibility index (Phi) is 7.85. The van der Waals surface area contributed by atoms with Gasteiger partial charge in [-0.25, -0.2) is 0 Å². The minimum Gasteiger partial charge on any atom is -0.505 e. The summed E-state index contributed by atoms with van der Waals surface area (Å²) >= 11 is 27.9. The lowest BCUT2D eigenvalue weighted by atomic mass is 10.3. The van der Waals surface area contributed by atoms with E-state index in [1.807, 2.05) is 0 Å². The molecule has 5 N–H and O–H groups in total. The SMILES string of the molecule is NCCN.Oc1c(Cl)c(Cl)c(Cl)c(Cl)c1Cl. The largest absolute Gasteiger partial charge is 0.505 e. The van der Waals surface area contributed by atoms with Crippen LogP contribution < -0.4 is 11.5 Å². The molecule has 0 radical (unpaired) electrons. The summed E-state index contributed by atoms with van der Waals surface area (Å²) in [5.41, 5.74) is 9.81. The molecule has 0 aromatic heterocycles. The number of halogens is 5. The van der Waals surface area contributed by atoms with Crippen LogP contribution in [0.4, 0.5) is 0 Å². The summed E-state index contributed by atoms with van der Waals surface area (Å²) in [6, 6.07) is 0. The van der Waals surface area contributed by atoms with E-state index in [-0.39, 0.29) is 30.9 Å². The molecule has 0 heterocycles. The quantitative estimate of drug-likeness (QED) is 0.546. The minimum absolute atomic E-state index is 0.00904. The van der Waals surface area contributed by atoms with E-state index in [0.717, 1.165) is 0 Å². The number of aromatic hydroxyl groups is 1. The summed E-state index contributed by atoms with van der Waals surface area (Å²) in [5, 5.41) is 9.01. The van der Waals surface area contributed by atoms with Gasteiger partial charge in [-0.3, -0.25) is 0 Å². The molecule has 0 aliphatic rings. The molecule has 1 aromatic carbocycles. The van der Waals surface area contributed by atoms with Gasteiger partial charge in [-0.1, -0.05) is 58.0 Å². The number of nitrogens with two attached hydrogens (primary N) is 2. The first-order chi connectivity index (χ1) is 7.38. The van der Waals surface area contributed by atoms with E-state index in [1.54, 1.807) is 0 Å². The van der Waals surface area contributed by atoms with Gasteiger partial charge in [0.1, 0.15) is 10.0 Å². The van der Waals surface area contributed by atoms with Crippen molar-refractivity contribution in [1.29, 1.82) is 0 Å². The highest BCUT2D eigenvalue weighted by Crippen LogP contribution is 2.47. The third kappa shape index (κ3) is 4.00. The Morgan fingerprint density at radius 1 is 0.688 bits per heavy atom. The van der Waals surface area contributed by atoms with E-state index in [9.17, 15) is 5.11 Å². The van der Waals surface area contributed by atoms with E-state index in [2.05, 4.69) is 0 Å². The van der Waals surface area contributed by atoms with Gasteiger partial charge in [0.2, 0.25) is 0 Å². The lowest BCUT2D eigenvalue weighted by molar-refractivity contribution is 0.476. The van der Waals surface area contributed by atoms with E-state index in [0.29, 0.717) is 13.1 Å². The topological polar surface area (TPSA) is 72.3 Å². The molecular weight excluding hydrogens is 317 g/mol. The molecule has 0 amide bonds. The first-order valence-electron chi connectivity index (χ1n) is 3.99. The van der Waals surface area contributed by atoms with Gasteiger partial charge in [0.25, 0.3) is 0 Å². The summed E-state index contributed by atoms with van der Waals surface area (Å²) < 4.78 is 0. The molecule has 16 heavy (non-hydrogen) atoms. The second-order valence-electron chi connectivity index (χ2n) is 2.50. The Morgan fingerprint density at radius 3 is 1.19 bits per heavy atom. The maximum atomic E-state index is 9.20. The highest BCUT2D eigenvalue weighted by molar-refractivity contribution is 6.55. The predicted octanol–water partition coefficient (Wildman–Crippen LogP) is 3.56. The van der Waals surface area contributed by atoms with Gasteiger partial charge in [-0.2, -0.15) is 0 Å². The van der Waals surface area contributed by atoms with Crippen LogP contribution in [0.2, 0.25) is 25.1 Å². The van der Waals surface area contributed by atoms with Crippen molar-refractivity contribution in [2.24, 2.45) is 11.5 Å². The smallest absolute Gasteiger partial charge is 0.155 e. The lowest BCUT2D eigenvalue weighted by Crippen LogP contribution is -2.11. The molecule has 0 unspecified atom stereocenters. The summed E-state index contributed by atoms with van der Waals surface area (Å²) in [6.45, 7) is 1.19. The molecule has 0 aliphatic carbocycles. The summed E-state index contributed by atoms with van der Waals surface area (Å²) in [6.07, 6.45) is 0. The standard InChI is InChI=1S/C6HCl5O.C2H8N2/c7-1-2(8)4(10)6(12)5(11)3(1)9;3-1-2-4/h12H;1-4H2. The normalized spacial score (nSPS) is 9.69. The zero-order valence-corrected chi connectivity index (χ0v) is 11.7. The van der Waals surface area contributed by atoms with Gasteiger partial charge in [-0.15, -0.1) is 0 Å². The van der Waals surface area contributed by atoms with Gasteiger partial charge in [0.05, 0.1) is 15.1 Å². The molecule has 0 saturated heterocycles. The lowest BCUT2D eigenvalue weighted by Gasteiger charge is -2.06. The van der Waals surface area contributed by atoms with Crippen molar-refractivity contribution in [3.63, 3.8) is 0 Å². The molecule has 0 saturated carbocycles. The van der Waals surface area contributed by atoms with Crippen molar-refractivity contribution in [2.75, 3.05) is 13.1 Å². The molecule has 3 nitrogen and oxygen atoms in total. The van der Waals surface area contributed by atoms with E-state index in [4.69, 9.17) is 69.5 Å². The average Bonchev–Trinajstić information content (AvgIpc) is 2.31. The number of hydrogen-bond acceptors (Lipinski definition) is 3. The molecule has 0 fully saturated rings. The van der Waals surface area contributed by atoms with Crippen LogP contribution in [-0.2, 0) is 0 Å². The van der Waals surface area contributed by atoms with Crippen LogP contribution in [0.25, 0.3) is 0 Å². The Bertz CT molecular complexity index is 265. The Hall–Kier alpha value is 0.390. The van der Waals surface area contributed by atoms with Crippen molar-refractivity contribution in [3.8, 4) is 5.75 Å². The Labute approximate surface area is 118 Å². The zero-order valence-electron chi connectivity index (χ0n) is 7.91. The molecule has 8 heteroatoms. The molecule has 1 rings (SSSR count). The molecule has 0 bridgehead atoms. The van der Waals surface area contributed by atoms with E-state index in [1.165, 1.54) is 0 Å². The van der Waals surface area contributed by atoms with Crippen LogP contribution in [0.3, 0.4) is 0 Å². The van der Waals surface area contributed by atoms with Gasteiger partial charge in [-0.05, 0) is 0 Å². The van der Waals surface area contributed by atoms with Crippen molar-refractivity contribution < 1.29 is 5.11 Å². The fourth-order valence-electron chi connectivity index (χ4n) is 0.593. The predicted molar refractivity (Wildman–Crippen MR) is 71.3 cm³/mol. The molecule has 0 atom stereocenters. The Morgan fingerprint density at radius 2 is 0.938 bits per heavy atom. The first-order valence-corrected chi connectivity index (χ1v) is 5.87. The highest BCUT2D eigenvalue weighted by atomic mass is 35.5. The Balaban J connectivity index is 0.000000487. The van der Waals surface area contributed by atoms with E-state index >= 15 is 0 Å². The van der Waals surface area contributed by atoms with Crippen molar-refractivity contribution in [2.45, 2.75) is 0 Å². The number of hydrogen-bond donors (Lipinski definition) is 3. The second-order valence-corrected chi connectivity index (χ2v) is 4.39. The fourth-order valence-corrected chi connectivity index (χ4v) is 1.72. The molecule has 1 aromatic rings. The van der Waals surface area contributed by atoms with Crippen LogP contribution in [0.1, 0.15) is 0 Å².